The zero-order chi connectivity index (χ0) is 13.4. The molecule has 1 atom stereocenters. The average Bonchev–Trinajstić information content (AvgIpc) is 2.85. The minimum atomic E-state index is -0.406. The first-order chi connectivity index (χ1) is 9.16. The smallest absolute Gasteiger partial charge is 0.250 e. The lowest BCUT2D eigenvalue weighted by Crippen LogP contribution is -2.50. The number of hydrogen-bond acceptors (Lipinski definition) is 4. The number of nitrogens with two attached hydrogens (primary N) is 2. The number of anilines is 2. The zero-order valence-corrected chi connectivity index (χ0v) is 11.0. The molecule has 0 aliphatic carbocycles. The van der Waals surface area contributed by atoms with Gasteiger partial charge in [-0.3, -0.25) is 9.69 Å². The fraction of sp³-hybridized carbons (Fsp3) is 0.500. The first kappa shape index (κ1) is 12.3. The highest BCUT2D eigenvalue weighted by Gasteiger charge is 2.32. The summed E-state index contributed by atoms with van der Waals surface area (Å²) in [6, 6.07) is 5.97. The second-order valence-electron chi connectivity index (χ2n) is 5.39. The van der Waals surface area contributed by atoms with Crippen LogP contribution in [-0.4, -0.2) is 43.0 Å². The molecule has 0 bridgehead atoms. The van der Waals surface area contributed by atoms with E-state index in [-0.39, 0.29) is 0 Å². The molecular weight excluding hydrogens is 240 g/mol. The average molecular weight is 260 g/mol. The van der Waals surface area contributed by atoms with Crippen LogP contribution >= 0.6 is 0 Å². The summed E-state index contributed by atoms with van der Waals surface area (Å²) in [4.78, 5) is 16.3. The molecule has 102 valence electrons. The van der Waals surface area contributed by atoms with Gasteiger partial charge in [0.05, 0.1) is 16.9 Å². The van der Waals surface area contributed by atoms with Crippen molar-refractivity contribution in [1.82, 2.24) is 4.90 Å². The number of amides is 1. The lowest BCUT2D eigenvalue weighted by Gasteiger charge is -2.39. The van der Waals surface area contributed by atoms with Gasteiger partial charge < -0.3 is 16.4 Å². The third kappa shape index (κ3) is 2.14. The highest BCUT2D eigenvalue weighted by molar-refractivity contribution is 6.01. The molecule has 0 saturated carbocycles. The summed E-state index contributed by atoms with van der Waals surface area (Å²) in [6.45, 7) is 4.09. The molecule has 2 heterocycles. The molecule has 0 radical (unpaired) electrons. The summed E-state index contributed by atoms with van der Waals surface area (Å²) in [5, 5.41) is 0. The summed E-state index contributed by atoms with van der Waals surface area (Å²) in [6.07, 6.45) is 2.50. The number of nitrogens with zero attached hydrogens (tertiary/aromatic N) is 2. The van der Waals surface area contributed by atoms with Gasteiger partial charge in [-0.25, -0.2) is 0 Å². The Morgan fingerprint density at radius 3 is 2.89 bits per heavy atom. The Morgan fingerprint density at radius 2 is 2.11 bits per heavy atom. The molecule has 1 aromatic carbocycles. The van der Waals surface area contributed by atoms with Crippen molar-refractivity contribution in [2.45, 2.75) is 18.9 Å². The summed E-state index contributed by atoms with van der Waals surface area (Å²) >= 11 is 0. The SMILES string of the molecule is NC(=O)c1cccc(N)c1N1CCN2CCCC2C1. The van der Waals surface area contributed by atoms with E-state index >= 15 is 0 Å². The molecule has 1 aromatic rings. The Morgan fingerprint density at radius 1 is 1.26 bits per heavy atom. The lowest BCUT2D eigenvalue weighted by atomic mass is 10.1. The Kier molecular flexibility index (Phi) is 3.06. The molecule has 3 rings (SSSR count). The molecule has 2 aliphatic rings. The monoisotopic (exact) mass is 260 g/mol. The largest absolute Gasteiger partial charge is 0.397 e. The number of carbonyl (C=O) groups is 1. The number of primary amides is 1. The fourth-order valence-corrected chi connectivity index (χ4v) is 3.31. The molecule has 0 aromatic heterocycles. The van der Waals surface area contributed by atoms with Crippen LogP contribution in [0.15, 0.2) is 18.2 Å². The van der Waals surface area contributed by atoms with Gasteiger partial charge >= 0.3 is 0 Å². The number of carbonyl (C=O) groups excluding carboxylic acids is 1. The lowest BCUT2D eigenvalue weighted by molar-refractivity contribution is 0.100. The number of piperazine rings is 1. The van der Waals surface area contributed by atoms with Crippen molar-refractivity contribution in [3.8, 4) is 0 Å². The fourth-order valence-electron chi connectivity index (χ4n) is 3.31. The van der Waals surface area contributed by atoms with Gasteiger partial charge in [0.2, 0.25) is 0 Å². The maximum absolute atomic E-state index is 11.6. The number of rotatable bonds is 2. The summed E-state index contributed by atoms with van der Waals surface area (Å²) in [7, 11) is 0. The van der Waals surface area contributed by atoms with Gasteiger partial charge in [-0.15, -0.1) is 0 Å². The van der Waals surface area contributed by atoms with E-state index in [4.69, 9.17) is 11.5 Å². The maximum Gasteiger partial charge on any atom is 0.250 e. The Hall–Kier alpha value is -1.75. The van der Waals surface area contributed by atoms with Crippen LogP contribution in [0.3, 0.4) is 0 Å². The molecule has 1 unspecified atom stereocenters. The highest BCUT2D eigenvalue weighted by atomic mass is 16.1. The molecule has 2 saturated heterocycles. The van der Waals surface area contributed by atoms with Crippen molar-refractivity contribution in [2.24, 2.45) is 5.73 Å². The van der Waals surface area contributed by atoms with Crippen molar-refractivity contribution < 1.29 is 4.79 Å². The van der Waals surface area contributed by atoms with Gasteiger partial charge in [-0.2, -0.15) is 0 Å². The Bertz CT molecular complexity index is 502. The van der Waals surface area contributed by atoms with Gasteiger partial charge in [-0.1, -0.05) is 6.07 Å². The molecule has 2 aliphatic heterocycles. The van der Waals surface area contributed by atoms with Crippen LogP contribution in [0.5, 0.6) is 0 Å². The van der Waals surface area contributed by atoms with Crippen molar-refractivity contribution in [1.29, 1.82) is 0 Å². The van der Waals surface area contributed by atoms with E-state index in [1.165, 1.54) is 19.4 Å². The molecule has 1 amide bonds. The van der Waals surface area contributed by atoms with Gasteiger partial charge in [0.1, 0.15) is 0 Å². The molecule has 5 heteroatoms. The van der Waals surface area contributed by atoms with E-state index in [0.29, 0.717) is 17.3 Å². The zero-order valence-electron chi connectivity index (χ0n) is 11.0. The standard InChI is InChI=1S/C14H20N4O/c15-12-5-1-4-11(14(16)19)13(12)18-8-7-17-6-2-3-10(17)9-18/h1,4-5,10H,2-3,6-9,15H2,(H2,16,19). The summed E-state index contributed by atoms with van der Waals surface area (Å²) in [5.41, 5.74) is 13.5. The van der Waals surface area contributed by atoms with Crippen LogP contribution in [0.4, 0.5) is 11.4 Å². The number of nitrogen functional groups attached to an aromatic ring is 1. The number of benzene rings is 1. The van der Waals surface area contributed by atoms with Crippen LogP contribution in [-0.2, 0) is 0 Å². The van der Waals surface area contributed by atoms with E-state index in [9.17, 15) is 4.79 Å². The van der Waals surface area contributed by atoms with Gasteiger partial charge in [0.15, 0.2) is 0 Å². The van der Waals surface area contributed by atoms with E-state index in [2.05, 4.69) is 9.80 Å². The molecule has 0 spiro atoms. The maximum atomic E-state index is 11.6. The topological polar surface area (TPSA) is 75.6 Å². The quantitative estimate of drug-likeness (QED) is 0.766. The molecule has 4 N–H and O–H groups in total. The predicted molar refractivity (Wildman–Crippen MR) is 76.2 cm³/mol. The van der Waals surface area contributed by atoms with Gasteiger partial charge in [0, 0.05) is 25.7 Å². The minimum absolute atomic E-state index is 0.406. The van der Waals surface area contributed by atoms with Gasteiger partial charge in [0.25, 0.3) is 5.91 Å². The third-order valence-electron chi connectivity index (χ3n) is 4.24. The first-order valence-electron chi connectivity index (χ1n) is 6.84. The molecule has 5 nitrogen and oxygen atoms in total. The highest BCUT2D eigenvalue weighted by Crippen LogP contribution is 2.31. The van der Waals surface area contributed by atoms with Crippen LogP contribution in [0.25, 0.3) is 0 Å². The van der Waals surface area contributed by atoms with E-state index in [0.717, 1.165) is 25.3 Å². The van der Waals surface area contributed by atoms with Crippen molar-refractivity contribution in [3.63, 3.8) is 0 Å². The Balaban J connectivity index is 1.91. The van der Waals surface area contributed by atoms with Crippen LogP contribution in [0, 0.1) is 0 Å². The molecule has 2 fully saturated rings. The van der Waals surface area contributed by atoms with E-state index in [1.807, 2.05) is 6.07 Å². The van der Waals surface area contributed by atoms with Crippen LogP contribution < -0.4 is 16.4 Å². The van der Waals surface area contributed by atoms with Gasteiger partial charge in [-0.05, 0) is 31.5 Å². The van der Waals surface area contributed by atoms with Crippen LogP contribution in [0.1, 0.15) is 23.2 Å². The molecular formula is C14H20N4O. The van der Waals surface area contributed by atoms with E-state index < -0.39 is 5.91 Å². The third-order valence-corrected chi connectivity index (χ3v) is 4.24. The molecule has 19 heavy (non-hydrogen) atoms. The first-order valence-corrected chi connectivity index (χ1v) is 6.84. The van der Waals surface area contributed by atoms with Crippen molar-refractivity contribution >= 4 is 17.3 Å². The van der Waals surface area contributed by atoms with Crippen molar-refractivity contribution in [2.75, 3.05) is 36.8 Å². The second-order valence-corrected chi connectivity index (χ2v) is 5.39. The van der Waals surface area contributed by atoms with E-state index in [1.54, 1.807) is 12.1 Å². The van der Waals surface area contributed by atoms with Crippen LogP contribution in [0.2, 0.25) is 0 Å². The predicted octanol–water partition coefficient (Wildman–Crippen LogP) is 0.652. The normalized spacial score (nSPS) is 23.4. The summed E-state index contributed by atoms with van der Waals surface area (Å²) in [5.74, 6) is -0.406. The second kappa shape index (κ2) is 4.74. The summed E-state index contributed by atoms with van der Waals surface area (Å²) < 4.78 is 0. The van der Waals surface area contributed by atoms with Crippen molar-refractivity contribution in [3.05, 3.63) is 23.8 Å². The Labute approximate surface area is 113 Å². The number of fused-ring (bicyclic) bond motifs is 1. The minimum Gasteiger partial charge on any atom is -0.397 e. The number of hydrogen-bond donors (Lipinski definition) is 2. The number of para-hydroxylation sites is 1.